The highest BCUT2D eigenvalue weighted by atomic mass is 16.5. The smallest absolute Gasteiger partial charge is 0.336 e. The number of fused-ring (bicyclic) bond motifs is 1. The number of ether oxygens (including phenoxy) is 1. The van der Waals surface area contributed by atoms with Crippen LogP contribution < -0.4 is 15.4 Å². The zero-order valence-electron chi connectivity index (χ0n) is 18.4. The van der Waals surface area contributed by atoms with Crippen molar-refractivity contribution in [1.82, 2.24) is 29.5 Å². The van der Waals surface area contributed by atoms with Crippen molar-refractivity contribution >= 4 is 17.3 Å². The number of hydrogen-bond acceptors (Lipinski definition) is 8. The first-order valence-electron chi connectivity index (χ1n) is 10.9. The minimum atomic E-state index is 0.281. The molecule has 0 bridgehead atoms. The van der Waals surface area contributed by atoms with E-state index < -0.39 is 0 Å². The van der Waals surface area contributed by atoms with Crippen molar-refractivity contribution in [1.29, 1.82) is 0 Å². The van der Waals surface area contributed by atoms with Crippen LogP contribution in [-0.4, -0.2) is 68.8 Å². The number of anilines is 2. The number of rotatable bonds is 8. The maximum Gasteiger partial charge on any atom is 0.336 e. The van der Waals surface area contributed by atoms with Crippen LogP contribution in [0.25, 0.3) is 5.65 Å². The van der Waals surface area contributed by atoms with Crippen LogP contribution in [0.1, 0.15) is 36.6 Å². The fourth-order valence-electron chi connectivity index (χ4n) is 3.86. The molecule has 1 aliphatic heterocycles. The maximum atomic E-state index is 6.07. The van der Waals surface area contributed by atoms with E-state index in [1.807, 2.05) is 6.20 Å². The van der Waals surface area contributed by atoms with Gasteiger partial charge in [0.05, 0.1) is 18.5 Å². The minimum absolute atomic E-state index is 0.281. The fraction of sp³-hybridized carbons (Fsp3) is 0.500. The number of hydrogen-bond donors (Lipinski definition) is 1. The van der Waals surface area contributed by atoms with Gasteiger partial charge in [-0.25, -0.2) is 14.5 Å². The zero-order chi connectivity index (χ0) is 21.8. The second-order valence-corrected chi connectivity index (χ2v) is 7.96. The molecule has 0 unspecified atom stereocenters. The summed E-state index contributed by atoms with van der Waals surface area (Å²) in [4.78, 5) is 18.1. The third kappa shape index (κ3) is 4.71. The number of nitrogen functional groups attached to an aromatic ring is 1. The molecule has 0 spiro atoms. The lowest BCUT2D eigenvalue weighted by Crippen LogP contribution is -2.46. The summed E-state index contributed by atoms with van der Waals surface area (Å²) in [6.07, 6.45) is 6.37. The Labute approximate surface area is 183 Å². The molecule has 0 aromatic carbocycles. The van der Waals surface area contributed by atoms with Gasteiger partial charge in [-0.1, -0.05) is 19.4 Å². The van der Waals surface area contributed by atoms with E-state index >= 15 is 0 Å². The highest BCUT2D eigenvalue weighted by Gasteiger charge is 2.19. The van der Waals surface area contributed by atoms with E-state index in [0.717, 1.165) is 62.6 Å². The second-order valence-electron chi connectivity index (χ2n) is 7.96. The van der Waals surface area contributed by atoms with Gasteiger partial charge in [-0.05, 0) is 37.9 Å². The van der Waals surface area contributed by atoms with Gasteiger partial charge in [-0.3, -0.25) is 4.90 Å². The number of nitrogens with zero attached hydrogens (tertiary/aromatic N) is 7. The molecule has 1 radical (unpaired) electrons. The second kappa shape index (κ2) is 9.47. The molecule has 0 amide bonds. The Morgan fingerprint density at radius 2 is 1.97 bits per heavy atom. The van der Waals surface area contributed by atoms with Gasteiger partial charge < -0.3 is 15.4 Å². The van der Waals surface area contributed by atoms with Crippen molar-refractivity contribution in [2.75, 3.05) is 50.0 Å². The first-order valence-corrected chi connectivity index (χ1v) is 10.9. The maximum absolute atomic E-state index is 6.07. The summed E-state index contributed by atoms with van der Waals surface area (Å²) in [6, 6.07) is 2.47. The van der Waals surface area contributed by atoms with E-state index in [9.17, 15) is 0 Å². The lowest BCUT2D eigenvalue weighted by atomic mass is 10.1. The number of pyridine rings is 1. The molecule has 1 saturated heterocycles. The molecular formula is C22H31N8O. The molecule has 1 fully saturated rings. The van der Waals surface area contributed by atoms with E-state index in [1.165, 1.54) is 5.56 Å². The van der Waals surface area contributed by atoms with Gasteiger partial charge >= 0.3 is 6.01 Å². The Bertz CT molecular complexity index is 1030. The average Bonchev–Trinajstić information content (AvgIpc) is 3.17. The number of piperazine rings is 1. The lowest BCUT2D eigenvalue weighted by Gasteiger charge is -2.35. The molecule has 1 aliphatic rings. The fourth-order valence-corrected chi connectivity index (χ4v) is 3.86. The number of unbranched alkanes of at least 4 members (excludes halogenated alkanes) is 1. The van der Waals surface area contributed by atoms with E-state index in [4.69, 9.17) is 15.5 Å². The summed E-state index contributed by atoms with van der Waals surface area (Å²) in [5.74, 6) is 1.38. The number of nitrogens with two attached hydrogens (primary N) is 1. The summed E-state index contributed by atoms with van der Waals surface area (Å²) < 4.78 is 7.38. The minimum Gasteiger partial charge on any atom is -0.462 e. The van der Waals surface area contributed by atoms with Crippen molar-refractivity contribution in [3.8, 4) is 6.01 Å². The number of aryl methyl sites for hydroxylation is 1. The van der Waals surface area contributed by atoms with E-state index in [2.05, 4.69) is 51.7 Å². The molecule has 3 aromatic rings. The SMILES string of the molecule is [CH2]CN1CCN(c2ncc(Cc3cnc4c(N)nc(OCCCC)nn34)cc2C)CC1. The molecule has 9 heteroatoms. The Morgan fingerprint density at radius 1 is 1.16 bits per heavy atom. The summed E-state index contributed by atoms with van der Waals surface area (Å²) in [6.45, 7) is 13.6. The largest absolute Gasteiger partial charge is 0.462 e. The Hall–Kier alpha value is -2.94. The zero-order valence-corrected chi connectivity index (χ0v) is 18.4. The summed E-state index contributed by atoms with van der Waals surface area (Å²) >= 11 is 0. The first-order chi connectivity index (χ1) is 15.1. The van der Waals surface area contributed by atoms with Gasteiger partial charge in [0.25, 0.3) is 0 Å². The predicted octanol–water partition coefficient (Wildman–Crippen LogP) is 2.14. The molecule has 165 valence electrons. The van der Waals surface area contributed by atoms with Crippen LogP contribution in [0.15, 0.2) is 18.5 Å². The Kier molecular flexibility index (Phi) is 6.50. The van der Waals surface area contributed by atoms with Crippen molar-refractivity contribution in [2.45, 2.75) is 33.1 Å². The molecule has 9 nitrogen and oxygen atoms in total. The average molecular weight is 424 g/mol. The van der Waals surface area contributed by atoms with Gasteiger partial charge in [0.2, 0.25) is 0 Å². The first kappa shape index (κ1) is 21.3. The van der Waals surface area contributed by atoms with Gasteiger partial charge in [-0.15, -0.1) is 5.10 Å². The van der Waals surface area contributed by atoms with Gasteiger partial charge in [0.1, 0.15) is 5.82 Å². The van der Waals surface area contributed by atoms with Crippen LogP contribution in [-0.2, 0) is 6.42 Å². The summed E-state index contributed by atoms with van der Waals surface area (Å²) in [5, 5.41) is 4.49. The van der Waals surface area contributed by atoms with Crippen LogP contribution in [0, 0.1) is 13.8 Å². The molecule has 31 heavy (non-hydrogen) atoms. The predicted molar refractivity (Wildman–Crippen MR) is 121 cm³/mol. The molecule has 0 saturated carbocycles. The molecule has 2 N–H and O–H groups in total. The third-order valence-corrected chi connectivity index (χ3v) is 5.65. The molecule has 3 aromatic heterocycles. The molecule has 0 aliphatic carbocycles. The van der Waals surface area contributed by atoms with Crippen molar-refractivity contribution in [3.05, 3.63) is 42.2 Å². The Balaban J connectivity index is 1.51. The normalized spacial score (nSPS) is 15.0. The van der Waals surface area contributed by atoms with E-state index in [1.54, 1.807) is 10.7 Å². The van der Waals surface area contributed by atoms with Crippen molar-refractivity contribution < 1.29 is 4.74 Å². The monoisotopic (exact) mass is 423 g/mol. The van der Waals surface area contributed by atoms with Crippen molar-refractivity contribution in [3.63, 3.8) is 0 Å². The molecule has 4 heterocycles. The van der Waals surface area contributed by atoms with Crippen LogP contribution in [0.5, 0.6) is 6.01 Å². The standard InChI is InChI=1S/C22H31N8O/c1-4-6-11-31-22-26-19(23)21-25-15-18(30(21)27-22)13-17-12-16(3)20(24-14-17)29-9-7-28(5-2)8-10-29/h12,14-15H,2,4-11,13H2,1,3H3,(H2,23,26,27). The van der Waals surface area contributed by atoms with Gasteiger partial charge in [0, 0.05) is 38.8 Å². The summed E-state index contributed by atoms with van der Waals surface area (Å²) in [7, 11) is 0. The van der Waals surface area contributed by atoms with Crippen LogP contribution in [0.4, 0.5) is 11.6 Å². The van der Waals surface area contributed by atoms with Crippen molar-refractivity contribution in [2.24, 2.45) is 0 Å². The molecule has 0 atom stereocenters. The lowest BCUT2D eigenvalue weighted by molar-refractivity contribution is 0.280. The quantitative estimate of drug-likeness (QED) is 0.551. The van der Waals surface area contributed by atoms with Crippen LogP contribution in [0.3, 0.4) is 0 Å². The third-order valence-electron chi connectivity index (χ3n) is 5.65. The van der Waals surface area contributed by atoms with Gasteiger partial charge in [-0.2, -0.15) is 4.98 Å². The number of imidazole rings is 1. The van der Waals surface area contributed by atoms with Gasteiger partial charge in [0.15, 0.2) is 11.5 Å². The van der Waals surface area contributed by atoms with E-state index in [0.29, 0.717) is 24.5 Å². The van der Waals surface area contributed by atoms with E-state index in [-0.39, 0.29) is 6.01 Å². The Morgan fingerprint density at radius 3 is 2.68 bits per heavy atom. The topological polar surface area (TPSA) is 97.7 Å². The summed E-state index contributed by atoms with van der Waals surface area (Å²) in [5.41, 5.74) is 9.81. The number of aromatic nitrogens is 5. The molecular weight excluding hydrogens is 392 g/mol. The van der Waals surface area contributed by atoms with Crippen LogP contribution >= 0.6 is 0 Å². The van der Waals surface area contributed by atoms with Crippen LogP contribution in [0.2, 0.25) is 0 Å². The highest BCUT2D eigenvalue weighted by molar-refractivity contribution is 5.60. The highest BCUT2D eigenvalue weighted by Crippen LogP contribution is 2.22. The molecule has 4 rings (SSSR count).